The largest absolute Gasteiger partial charge is 0.465 e. The fourth-order valence-corrected chi connectivity index (χ4v) is 2.84. The topological polar surface area (TPSA) is 110 Å². The number of amides is 1. The first kappa shape index (κ1) is 18.8. The minimum atomic E-state index is -0.413. The third-order valence-electron chi connectivity index (χ3n) is 4.28. The second-order valence-corrected chi connectivity index (χ2v) is 6.31. The van der Waals surface area contributed by atoms with Crippen molar-refractivity contribution in [2.45, 2.75) is 6.42 Å². The molecule has 4 aromatic rings. The predicted molar refractivity (Wildman–Crippen MR) is 111 cm³/mol. The quantitative estimate of drug-likeness (QED) is 0.498. The summed E-state index contributed by atoms with van der Waals surface area (Å²) in [6.07, 6.45) is 3.40. The van der Waals surface area contributed by atoms with Gasteiger partial charge >= 0.3 is 0 Å². The van der Waals surface area contributed by atoms with Crippen LogP contribution in [0.15, 0.2) is 77.4 Å². The molecule has 1 N–H and O–H groups in total. The van der Waals surface area contributed by atoms with Crippen molar-refractivity contribution in [3.05, 3.63) is 84.3 Å². The first-order valence-electron chi connectivity index (χ1n) is 9.11. The van der Waals surface area contributed by atoms with E-state index in [9.17, 15) is 4.79 Å². The number of hydrogen-bond acceptors (Lipinski definition) is 6. The lowest BCUT2D eigenvalue weighted by Crippen LogP contribution is -2.19. The van der Waals surface area contributed by atoms with Crippen LogP contribution in [0.1, 0.15) is 11.3 Å². The van der Waals surface area contributed by atoms with Crippen LogP contribution in [0.4, 0.5) is 5.69 Å². The summed E-state index contributed by atoms with van der Waals surface area (Å²) >= 11 is 0. The van der Waals surface area contributed by atoms with E-state index in [0.717, 1.165) is 11.1 Å². The highest BCUT2D eigenvalue weighted by atomic mass is 16.3. The van der Waals surface area contributed by atoms with Gasteiger partial charge in [0.25, 0.3) is 5.91 Å². The van der Waals surface area contributed by atoms with Gasteiger partial charge in [-0.15, -0.1) is 5.10 Å². The molecule has 0 fully saturated rings. The summed E-state index contributed by atoms with van der Waals surface area (Å²) < 4.78 is 6.75. The molecule has 0 aliphatic carbocycles. The summed E-state index contributed by atoms with van der Waals surface area (Å²) in [7, 11) is 0. The van der Waals surface area contributed by atoms with E-state index in [1.807, 2.05) is 30.3 Å². The molecular formula is C22H16N6O2. The second kappa shape index (κ2) is 8.67. The molecule has 2 heterocycles. The Hall–Kier alpha value is -4.51. The summed E-state index contributed by atoms with van der Waals surface area (Å²) in [5, 5.41) is 23.5. The van der Waals surface area contributed by atoms with Gasteiger partial charge in [0, 0.05) is 17.3 Å². The number of nitriles is 1. The molecule has 2 aromatic heterocycles. The lowest BCUT2D eigenvalue weighted by Gasteiger charge is -2.11. The monoisotopic (exact) mass is 396 g/mol. The molecule has 0 unspecified atom stereocenters. The van der Waals surface area contributed by atoms with Crippen LogP contribution in [0.5, 0.6) is 0 Å². The smallest absolute Gasteiger partial charge is 0.274 e. The van der Waals surface area contributed by atoms with Gasteiger partial charge in [0.05, 0.1) is 18.8 Å². The van der Waals surface area contributed by atoms with Crippen molar-refractivity contribution in [1.82, 2.24) is 20.2 Å². The van der Waals surface area contributed by atoms with Crippen LogP contribution in [0.3, 0.4) is 0 Å². The number of carbonyl (C=O) groups is 1. The van der Waals surface area contributed by atoms with Gasteiger partial charge in [-0.3, -0.25) is 4.79 Å². The van der Waals surface area contributed by atoms with Crippen molar-refractivity contribution < 1.29 is 9.21 Å². The van der Waals surface area contributed by atoms with E-state index in [-0.39, 0.29) is 5.70 Å². The summed E-state index contributed by atoms with van der Waals surface area (Å²) in [5.74, 6) is 0.496. The number of hydrogen-bond donors (Lipinski definition) is 1. The molecule has 8 heteroatoms. The van der Waals surface area contributed by atoms with Crippen molar-refractivity contribution in [2.75, 3.05) is 5.32 Å². The minimum absolute atomic E-state index is 0.190. The molecule has 0 spiro atoms. The van der Waals surface area contributed by atoms with Crippen LogP contribution in [-0.2, 0) is 11.2 Å². The van der Waals surface area contributed by atoms with Crippen LogP contribution in [0.25, 0.3) is 23.2 Å². The minimum Gasteiger partial charge on any atom is -0.465 e. The van der Waals surface area contributed by atoms with E-state index in [2.05, 4.69) is 26.9 Å². The van der Waals surface area contributed by atoms with Gasteiger partial charge in [-0.05, 0) is 40.3 Å². The van der Waals surface area contributed by atoms with Gasteiger partial charge in [0.1, 0.15) is 11.5 Å². The van der Waals surface area contributed by atoms with E-state index in [1.165, 1.54) is 10.9 Å². The molecule has 0 saturated heterocycles. The molecular weight excluding hydrogens is 380 g/mol. The molecule has 2 aromatic carbocycles. The van der Waals surface area contributed by atoms with Gasteiger partial charge < -0.3 is 9.73 Å². The molecule has 0 aliphatic rings. The lowest BCUT2D eigenvalue weighted by molar-refractivity contribution is -0.111. The number of nitrogens with one attached hydrogen (secondary N) is 1. The Labute approximate surface area is 172 Å². The molecule has 0 saturated carbocycles. The highest BCUT2D eigenvalue weighted by Gasteiger charge is 2.20. The molecule has 0 bridgehead atoms. The number of anilines is 1. The van der Waals surface area contributed by atoms with Gasteiger partial charge in [-0.25, -0.2) is 0 Å². The number of aromatic nitrogens is 4. The molecule has 0 radical (unpaired) electrons. The highest BCUT2D eigenvalue weighted by molar-refractivity contribution is 6.24. The summed E-state index contributed by atoms with van der Waals surface area (Å²) in [6.45, 7) is 0. The Morgan fingerprint density at radius 1 is 1.10 bits per heavy atom. The van der Waals surface area contributed by atoms with E-state index in [0.29, 0.717) is 23.7 Å². The van der Waals surface area contributed by atoms with Gasteiger partial charge in [-0.1, -0.05) is 42.5 Å². The average molecular weight is 396 g/mol. The SMILES string of the molecule is N#CCc1ccc(NC(=O)/C(=C/c2ccco2)n2nnnc2-c2ccccc2)cc1. The van der Waals surface area contributed by atoms with Crippen molar-refractivity contribution in [2.24, 2.45) is 0 Å². The normalized spacial score (nSPS) is 11.1. The Morgan fingerprint density at radius 3 is 2.60 bits per heavy atom. The predicted octanol–water partition coefficient (Wildman–Crippen LogP) is 3.64. The molecule has 30 heavy (non-hydrogen) atoms. The summed E-state index contributed by atoms with van der Waals surface area (Å²) in [6, 6.07) is 22.0. The fraction of sp³-hybridized carbons (Fsp3) is 0.0455. The lowest BCUT2D eigenvalue weighted by atomic mass is 10.1. The van der Waals surface area contributed by atoms with Crippen molar-refractivity contribution >= 4 is 23.4 Å². The molecule has 4 rings (SSSR count). The standard InChI is InChI=1S/C22H16N6O2/c23-13-12-16-8-10-18(11-9-16)24-22(29)20(15-19-7-4-14-30-19)28-21(25-26-27-28)17-5-2-1-3-6-17/h1-11,14-15H,12H2,(H,24,29)/b20-15-. The maximum Gasteiger partial charge on any atom is 0.274 e. The number of tetrazole rings is 1. The number of nitrogens with zero attached hydrogens (tertiary/aromatic N) is 5. The van der Waals surface area contributed by atoms with Crippen LogP contribution in [-0.4, -0.2) is 26.1 Å². The van der Waals surface area contributed by atoms with E-state index in [4.69, 9.17) is 9.68 Å². The molecule has 0 aliphatic heterocycles. The third kappa shape index (κ3) is 4.15. The molecule has 0 atom stereocenters. The first-order valence-corrected chi connectivity index (χ1v) is 9.11. The molecule has 8 nitrogen and oxygen atoms in total. The van der Waals surface area contributed by atoms with Crippen molar-refractivity contribution in [1.29, 1.82) is 5.26 Å². The zero-order valence-electron chi connectivity index (χ0n) is 15.8. The Kier molecular flexibility index (Phi) is 5.44. The second-order valence-electron chi connectivity index (χ2n) is 6.31. The van der Waals surface area contributed by atoms with Crippen LogP contribution in [0.2, 0.25) is 0 Å². The zero-order chi connectivity index (χ0) is 20.8. The maximum atomic E-state index is 13.1. The van der Waals surface area contributed by atoms with Crippen molar-refractivity contribution in [3.63, 3.8) is 0 Å². The number of carbonyl (C=O) groups excluding carboxylic acids is 1. The Balaban J connectivity index is 1.69. The summed E-state index contributed by atoms with van der Waals surface area (Å²) in [5.41, 5.74) is 2.41. The fourth-order valence-electron chi connectivity index (χ4n) is 2.84. The van der Waals surface area contributed by atoms with E-state index in [1.54, 1.807) is 42.5 Å². The van der Waals surface area contributed by atoms with Gasteiger partial charge in [0.2, 0.25) is 0 Å². The summed E-state index contributed by atoms with van der Waals surface area (Å²) in [4.78, 5) is 13.1. The van der Waals surface area contributed by atoms with E-state index < -0.39 is 5.91 Å². The number of furan rings is 1. The number of rotatable bonds is 6. The number of benzene rings is 2. The molecule has 146 valence electrons. The first-order chi connectivity index (χ1) is 14.7. The Morgan fingerprint density at radius 2 is 1.90 bits per heavy atom. The third-order valence-corrected chi connectivity index (χ3v) is 4.28. The maximum absolute atomic E-state index is 13.1. The van der Waals surface area contributed by atoms with Gasteiger partial charge in [-0.2, -0.15) is 9.94 Å². The molecule has 1 amide bonds. The van der Waals surface area contributed by atoms with Gasteiger partial charge in [0.15, 0.2) is 5.82 Å². The average Bonchev–Trinajstić information content (AvgIpc) is 3.46. The zero-order valence-corrected chi connectivity index (χ0v) is 15.8. The van der Waals surface area contributed by atoms with E-state index >= 15 is 0 Å². The van der Waals surface area contributed by atoms with Crippen LogP contribution < -0.4 is 5.32 Å². The van der Waals surface area contributed by atoms with Crippen molar-refractivity contribution in [3.8, 4) is 17.5 Å². The van der Waals surface area contributed by atoms with Crippen LogP contribution >= 0.6 is 0 Å². The Bertz CT molecular complexity index is 1200. The highest BCUT2D eigenvalue weighted by Crippen LogP contribution is 2.22. The van der Waals surface area contributed by atoms with Crippen LogP contribution in [0, 0.1) is 11.3 Å².